The predicted octanol–water partition coefficient (Wildman–Crippen LogP) is 2.51. The number of ether oxygens (including phenoxy) is 1. The lowest BCUT2D eigenvalue weighted by Crippen LogP contribution is -2.56. The first-order valence-corrected chi connectivity index (χ1v) is 7.72. The van der Waals surface area contributed by atoms with Crippen LogP contribution in [0.3, 0.4) is 0 Å². The molecule has 2 unspecified atom stereocenters. The van der Waals surface area contributed by atoms with Gasteiger partial charge in [-0.05, 0) is 32.1 Å². The van der Waals surface area contributed by atoms with Gasteiger partial charge in [0.25, 0.3) is 0 Å². The number of hydrogen-bond donors (Lipinski definition) is 1. The fourth-order valence-corrected chi connectivity index (χ4v) is 2.77. The average molecular weight is 256 g/mol. The Morgan fingerprint density at radius 1 is 1.33 bits per heavy atom. The molecule has 1 heterocycles. The fraction of sp³-hybridized carbons (Fsp3) is 1.00. The van der Waals surface area contributed by atoms with Gasteiger partial charge in [-0.25, -0.2) is 0 Å². The number of nitrogens with zero attached hydrogens (tertiary/aromatic N) is 1. The van der Waals surface area contributed by atoms with E-state index < -0.39 is 0 Å². The molecule has 0 amide bonds. The van der Waals surface area contributed by atoms with Crippen LogP contribution in [0.15, 0.2) is 0 Å². The smallest absolute Gasteiger partial charge is 0.0478 e. The van der Waals surface area contributed by atoms with Crippen LogP contribution in [0.2, 0.25) is 0 Å². The Kier molecular flexibility index (Phi) is 7.87. The Balaban J connectivity index is 2.38. The lowest BCUT2D eigenvalue weighted by Gasteiger charge is -2.41. The largest absolute Gasteiger partial charge is 0.382 e. The maximum atomic E-state index is 5.45. The van der Waals surface area contributed by atoms with E-state index in [0.29, 0.717) is 6.04 Å². The summed E-state index contributed by atoms with van der Waals surface area (Å²) in [5.74, 6) is 0.782. The minimum Gasteiger partial charge on any atom is -0.382 e. The van der Waals surface area contributed by atoms with Crippen molar-refractivity contribution >= 4 is 0 Å². The third-order valence-corrected chi connectivity index (χ3v) is 3.79. The molecule has 1 fully saturated rings. The normalized spacial score (nSPS) is 25.8. The number of piperazine rings is 1. The molecular formula is C15H32N2O. The lowest BCUT2D eigenvalue weighted by molar-refractivity contribution is 0.0876. The second-order valence-electron chi connectivity index (χ2n) is 5.84. The quantitative estimate of drug-likeness (QED) is 0.675. The third-order valence-electron chi connectivity index (χ3n) is 3.79. The number of hydrogen-bond acceptors (Lipinski definition) is 3. The molecule has 1 aliphatic heterocycles. The van der Waals surface area contributed by atoms with Crippen LogP contribution in [0.4, 0.5) is 0 Å². The van der Waals surface area contributed by atoms with Gasteiger partial charge in [0.05, 0.1) is 0 Å². The maximum Gasteiger partial charge on any atom is 0.0478 e. The second kappa shape index (κ2) is 8.89. The van der Waals surface area contributed by atoms with Gasteiger partial charge in [-0.2, -0.15) is 0 Å². The SMILES string of the molecule is CCOCCCN1CC(CC)NCC1CC(C)C. The van der Waals surface area contributed by atoms with Crippen LogP contribution in [0.5, 0.6) is 0 Å². The van der Waals surface area contributed by atoms with Gasteiger partial charge in [0.2, 0.25) is 0 Å². The molecule has 1 rings (SSSR count). The van der Waals surface area contributed by atoms with Crippen molar-refractivity contribution in [1.82, 2.24) is 10.2 Å². The first-order valence-electron chi connectivity index (χ1n) is 7.72. The van der Waals surface area contributed by atoms with E-state index in [-0.39, 0.29) is 0 Å². The zero-order valence-electron chi connectivity index (χ0n) is 12.7. The van der Waals surface area contributed by atoms with Crippen LogP contribution in [0.25, 0.3) is 0 Å². The summed E-state index contributed by atoms with van der Waals surface area (Å²) >= 11 is 0. The molecule has 0 aromatic rings. The summed E-state index contributed by atoms with van der Waals surface area (Å²) in [5, 5.41) is 3.68. The summed E-state index contributed by atoms with van der Waals surface area (Å²) in [6, 6.07) is 1.40. The highest BCUT2D eigenvalue weighted by Crippen LogP contribution is 2.16. The molecule has 3 heteroatoms. The molecule has 0 aromatic carbocycles. The fourth-order valence-electron chi connectivity index (χ4n) is 2.77. The summed E-state index contributed by atoms with van der Waals surface area (Å²) in [7, 11) is 0. The molecule has 108 valence electrons. The van der Waals surface area contributed by atoms with E-state index in [1.54, 1.807) is 0 Å². The molecule has 1 saturated heterocycles. The lowest BCUT2D eigenvalue weighted by atomic mass is 9.98. The van der Waals surface area contributed by atoms with E-state index >= 15 is 0 Å². The molecule has 0 spiro atoms. The number of nitrogens with one attached hydrogen (secondary N) is 1. The second-order valence-corrected chi connectivity index (χ2v) is 5.84. The Morgan fingerprint density at radius 2 is 2.11 bits per heavy atom. The van der Waals surface area contributed by atoms with Crippen LogP contribution >= 0.6 is 0 Å². The van der Waals surface area contributed by atoms with Gasteiger partial charge in [-0.15, -0.1) is 0 Å². The van der Waals surface area contributed by atoms with Gasteiger partial charge in [-0.3, -0.25) is 4.90 Å². The van der Waals surface area contributed by atoms with Crippen molar-refractivity contribution in [2.24, 2.45) is 5.92 Å². The molecule has 18 heavy (non-hydrogen) atoms. The van der Waals surface area contributed by atoms with Crippen LogP contribution in [-0.2, 0) is 4.74 Å². The molecule has 1 aliphatic rings. The highest BCUT2D eigenvalue weighted by atomic mass is 16.5. The third kappa shape index (κ3) is 5.68. The molecule has 0 aromatic heterocycles. The molecule has 0 aliphatic carbocycles. The van der Waals surface area contributed by atoms with Gasteiger partial charge in [0, 0.05) is 44.9 Å². The number of rotatable bonds is 8. The van der Waals surface area contributed by atoms with E-state index in [1.165, 1.54) is 32.4 Å². The van der Waals surface area contributed by atoms with Crippen molar-refractivity contribution in [3.63, 3.8) is 0 Å². The van der Waals surface area contributed by atoms with Crippen molar-refractivity contribution in [1.29, 1.82) is 0 Å². The Labute approximate surface area is 113 Å². The van der Waals surface area contributed by atoms with Gasteiger partial charge >= 0.3 is 0 Å². The van der Waals surface area contributed by atoms with Gasteiger partial charge in [-0.1, -0.05) is 20.8 Å². The highest BCUT2D eigenvalue weighted by Gasteiger charge is 2.26. The van der Waals surface area contributed by atoms with Gasteiger partial charge in [0.15, 0.2) is 0 Å². The minimum atomic E-state index is 0.681. The molecule has 0 bridgehead atoms. The Bertz CT molecular complexity index is 209. The monoisotopic (exact) mass is 256 g/mol. The summed E-state index contributed by atoms with van der Waals surface area (Å²) < 4.78 is 5.45. The molecule has 3 nitrogen and oxygen atoms in total. The molecule has 0 radical (unpaired) electrons. The van der Waals surface area contributed by atoms with Crippen LogP contribution in [0, 0.1) is 5.92 Å². The standard InChI is InChI=1S/C15H32N2O/c1-5-14-12-17(8-7-9-18-6-2)15(11-16-14)10-13(3)4/h13-16H,5-12H2,1-4H3. The van der Waals surface area contributed by atoms with Crippen molar-refractivity contribution in [2.45, 2.75) is 59.0 Å². The Hall–Kier alpha value is -0.120. The summed E-state index contributed by atoms with van der Waals surface area (Å²) in [5.41, 5.74) is 0. The summed E-state index contributed by atoms with van der Waals surface area (Å²) in [6.45, 7) is 14.3. The first-order chi connectivity index (χ1) is 8.67. The highest BCUT2D eigenvalue weighted by molar-refractivity contribution is 4.86. The van der Waals surface area contributed by atoms with Crippen LogP contribution < -0.4 is 5.32 Å². The summed E-state index contributed by atoms with van der Waals surface area (Å²) in [6.07, 6.45) is 3.70. The molecule has 2 atom stereocenters. The van der Waals surface area contributed by atoms with E-state index in [4.69, 9.17) is 4.74 Å². The van der Waals surface area contributed by atoms with Gasteiger partial charge in [0.1, 0.15) is 0 Å². The van der Waals surface area contributed by atoms with Crippen molar-refractivity contribution in [3.8, 4) is 0 Å². The molecule has 0 saturated carbocycles. The van der Waals surface area contributed by atoms with Crippen molar-refractivity contribution in [3.05, 3.63) is 0 Å². The summed E-state index contributed by atoms with van der Waals surface area (Å²) in [4.78, 5) is 2.68. The van der Waals surface area contributed by atoms with E-state index in [2.05, 4.69) is 37.9 Å². The van der Waals surface area contributed by atoms with Crippen molar-refractivity contribution < 1.29 is 4.74 Å². The molecular weight excluding hydrogens is 224 g/mol. The van der Waals surface area contributed by atoms with Crippen LogP contribution in [-0.4, -0.2) is 49.8 Å². The minimum absolute atomic E-state index is 0.681. The van der Waals surface area contributed by atoms with Crippen molar-refractivity contribution in [2.75, 3.05) is 32.8 Å². The topological polar surface area (TPSA) is 24.5 Å². The van der Waals surface area contributed by atoms with E-state index in [1.807, 2.05) is 0 Å². The zero-order chi connectivity index (χ0) is 13.4. The van der Waals surface area contributed by atoms with Gasteiger partial charge < -0.3 is 10.1 Å². The van der Waals surface area contributed by atoms with E-state index in [9.17, 15) is 0 Å². The zero-order valence-corrected chi connectivity index (χ0v) is 12.7. The first kappa shape index (κ1) is 15.9. The average Bonchev–Trinajstić information content (AvgIpc) is 2.35. The van der Waals surface area contributed by atoms with Crippen LogP contribution in [0.1, 0.15) is 47.0 Å². The predicted molar refractivity (Wildman–Crippen MR) is 78.0 cm³/mol. The molecule has 1 N–H and O–H groups in total. The maximum absolute atomic E-state index is 5.45. The Morgan fingerprint density at radius 3 is 2.72 bits per heavy atom. The van der Waals surface area contributed by atoms with E-state index in [0.717, 1.165) is 31.7 Å².